The van der Waals surface area contributed by atoms with Crippen LogP contribution in [-0.2, 0) is 21.4 Å². The predicted molar refractivity (Wildman–Crippen MR) is 143 cm³/mol. The van der Waals surface area contributed by atoms with Crippen LogP contribution in [0.1, 0.15) is 73.2 Å². The topological polar surface area (TPSA) is 102 Å². The molecule has 0 saturated heterocycles. The zero-order valence-electron chi connectivity index (χ0n) is 21.4. The molecular weight excluding hydrogens is 490 g/mol. The summed E-state index contributed by atoms with van der Waals surface area (Å²) in [6.07, 6.45) is 11.2. The van der Waals surface area contributed by atoms with Crippen LogP contribution in [-0.4, -0.2) is 54.9 Å². The highest BCUT2D eigenvalue weighted by Gasteiger charge is 2.29. The third-order valence-electron chi connectivity index (χ3n) is 7.80. The number of rotatable bonds is 2. The van der Waals surface area contributed by atoms with E-state index in [9.17, 15) is 18.0 Å². The van der Waals surface area contributed by atoms with Gasteiger partial charge in [0.25, 0.3) is 0 Å². The van der Waals surface area contributed by atoms with Gasteiger partial charge in [-0.25, -0.2) is 12.7 Å². The van der Waals surface area contributed by atoms with Gasteiger partial charge in [-0.3, -0.25) is 9.59 Å². The van der Waals surface area contributed by atoms with Gasteiger partial charge in [-0.2, -0.15) is 0 Å². The molecule has 1 aromatic carbocycles. The highest BCUT2D eigenvalue weighted by atomic mass is 32.2. The van der Waals surface area contributed by atoms with Gasteiger partial charge >= 0.3 is 0 Å². The molecule has 198 valence electrons. The van der Waals surface area contributed by atoms with E-state index < -0.39 is 21.6 Å². The molecule has 2 aliphatic rings. The maximum atomic E-state index is 13.2. The number of aromatic nitrogens is 1. The normalized spacial score (nSPS) is 20.9. The number of furan rings is 1. The standard InChI is InChI=1S/C28H35N3O5S/c1-30-14-7-3-6-13-29-26(33)17-31-24-16-21(25(32)19-37(30,34)35)10-11-23(24)27(20-8-4-2-5-9-20)28(31)22-12-15-36-18-22/h10-12,15-16,18,20H,2-9,13-14,17,19H2,1H3,(H,29,33). The molecule has 1 fully saturated rings. The van der Waals surface area contributed by atoms with Crippen LogP contribution in [0.15, 0.2) is 41.2 Å². The van der Waals surface area contributed by atoms with Gasteiger partial charge < -0.3 is 14.3 Å². The maximum absolute atomic E-state index is 13.2. The van der Waals surface area contributed by atoms with Crippen molar-refractivity contribution in [3.8, 4) is 11.3 Å². The number of fused-ring (bicyclic) bond motifs is 1. The Morgan fingerprint density at radius 1 is 0.973 bits per heavy atom. The quantitative estimate of drug-likeness (QED) is 0.523. The second-order valence-corrected chi connectivity index (χ2v) is 12.4. The third-order valence-corrected chi connectivity index (χ3v) is 9.56. The summed E-state index contributed by atoms with van der Waals surface area (Å²) in [5.41, 5.74) is 4.15. The van der Waals surface area contributed by atoms with Crippen LogP contribution in [0.4, 0.5) is 0 Å². The number of Topliss-reactive ketones (excluding diaryl/α,β-unsaturated/α-hetero) is 1. The molecule has 1 saturated carbocycles. The Morgan fingerprint density at radius 2 is 1.76 bits per heavy atom. The van der Waals surface area contributed by atoms with Gasteiger partial charge in [0.05, 0.1) is 18.2 Å². The van der Waals surface area contributed by atoms with E-state index in [1.165, 1.54) is 23.3 Å². The number of ketones is 1. The van der Waals surface area contributed by atoms with Crippen LogP contribution in [0.3, 0.4) is 0 Å². The zero-order chi connectivity index (χ0) is 26.0. The van der Waals surface area contributed by atoms with Crippen LogP contribution in [0.5, 0.6) is 0 Å². The van der Waals surface area contributed by atoms with E-state index in [0.29, 0.717) is 31.0 Å². The molecule has 2 bridgehead atoms. The van der Waals surface area contributed by atoms with Crippen molar-refractivity contribution in [2.45, 2.75) is 63.8 Å². The molecule has 1 amide bonds. The molecule has 5 rings (SSSR count). The molecule has 3 heterocycles. The van der Waals surface area contributed by atoms with Gasteiger partial charge in [0, 0.05) is 42.2 Å². The van der Waals surface area contributed by atoms with Crippen molar-refractivity contribution < 1.29 is 22.4 Å². The van der Waals surface area contributed by atoms with E-state index in [4.69, 9.17) is 4.42 Å². The van der Waals surface area contributed by atoms with Crippen LogP contribution in [0, 0.1) is 0 Å². The van der Waals surface area contributed by atoms with E-state index in [1.54, 1.807) is 24.7 Å². The minimum Gasteiger partial charge on any atom is -0.472 e. The lowest BCUT2D eigenvalue weighted by atomic mass is 9.82. The highest BCUT2D eigenvalue weighted by Crippen LogP contribution is 2.44. The number of hydrogen-bond acceptors (Lipinski definition) is 5. The van der Waals surface area contributed by atoms with Gasteiger partial charge in [0.1, 0.15) is 12.3 Å². The van der Waals surface area contributed by atoms with E-state index >= 15 is 0 Å². The summed E-state index contributed by atoms with van der Waals surface area (Å²) in [5, 5.41) is 4.04. The number of amides is 1. The molecule has 37 heavy (non-hydrogen) atoms. The van der Waals surface area contributed by atoms with Gasteiger partial charge in [0.2, 0.25) is 15.9 Å². The Bertz CT molecular complexity index is 1380. The fourth-order valence-electron chi connectivity index (χ4n) is 5.79. The highest BCUT2D eigenvalue weighted by molar-refractivity contribution is 7.89. The Kier molecular flexibility index (Phi) is 7.53. The summed E-state index contributed by atoms with van der Waals surface area (Å²) in [6, 6.07) is 7.35. The lowest BCUT2D eigenvalue weighted by Crippen LogP contribution is -2.33. The van der Waals surface area contributed by atoms with Gasteiger partial charge in [-0.15, -0.1) is 0 Å². The van der Waals surface area contributed by atoms with Crippen molar-refractivity contribution in [3.63, 3.8) is 0 Å². The number of sulfonamides is 1. The molecule has 0 atom stereocenters. The van der Waals surface area contributed by atoms with E-state index in [0.717, 1.165) is 60.7 Å². The van der Waals surface area contributed by atoms with Crippen molar-refractivity contribution in [3.05, 3.63) is 47.9 Å². The number of benzene rings is 1. The summed E-state index contributed by atoms with van der Waals surface area (Å²) >= 11 is 0. The molecular formula is C28H35N3O5S. The SMILES string of the molecule is CN1CCCCCNC(=O)Cn2c(-c3ccoc3)c(C3CCCCC3)c3ccc(cc32)C(=O)CS1(=O)=O. The molecule has 9 heteroatoms. The predicted octanol–water partition coefficient (Wildman–Crippen LogP) is 4.69. The fourth-order valence-corrected chi connectivity index (χ4v) is 6.92. The van der Waals surface area contributed by atoms with Crippen molar-refractivity contribution in [1.82, 2.24) is 14.2 Å². The Balaban J connectivity index is 1.68. The molecule has 2 aromatic heterocycles. The second-order valence-electron chi connectivity index (χ2n) is 10.3. The number of carbonyl (C=O) groups excluding carboxylic acids is 2. The van der Waals surface area contributed by atoms with E-state index in [1.807, 2.05) is 16.7 Å². The zero-order valence-corrected chi connectivity index (χ0v) is 22.2. The lowest BCUT2D eigenvalue weighted by molar-refractivity contribution is -0.121. The average Bonchev–Trinajstić information content (AvgIpc) is 3.52. The number of hydrogen-bond donors (Lipinski definition) is 1. The first-order valence-electron chi connectivity index (χ1n) is 13.3. The molecule has 1 N–H and O–H groups in total. The minimum absolute atomic E-state index is 0.0830. The second kappa shape index (κ2) is 10.8. The molecule has 8 nitrogen and oxygen atoms in total. The summed E-state index contributed by atoms with van der Waals surface area (Å²) < 4.78 is 34.5. The maximum Gasteiger partial charge on any atom is 0.239 e. The summed E-state index contributed by atoms with van der Waals surface area (Å²) in [6.45, 7) is 1.00. The van der Waals surface area contributed by atoms with Crippen molar-refractivity contribution in [2.75, 3.05) is 25.9 Å². The third kappa shape index (κ3) is 5.38. The first kappa shape index (κ1) is 25.7. The minimum atomic E-state index is -3.72. The Morgan fingerprint density at radius 3 is 2.51 bits per heavy atom. The Labute approximate surface area is 218 Å². The smallest absolute Gasteiger partial charge is 0.239 e. The van der Waals surface area contributed by atoms with Crippen LogP contribution < -0.4 is 5.32 Å². The van der Waals surface area contributed by atoms with E-state index in [2.05, 4.69) is 5.32 Å². The average molecular weight is 526 g/mol. The summed E-state index contributed by atoms with van der Waals surface area (Å²) in [4.78, 5) is 26.3. The lowest BCUT2D eigenvalue weighted by Gasteiger charge is -2.23. The number of carbonyl (C=O) groups is 2. The van der Waals surface area contributed by atoms with Crippen molar-refractivity contribution in [1.29, 1.82) is 0 Å². The molecule has 0 spiro atoms. The Hall–Kier alpha value is -2.91. The summed E-state index contributed by atoms with van der Waals surface area (Å²) in [5.74, 6) is -0.752. The van der Waals surface area contributed by atoms with Crippen LogP contribution >= 0.6 is 0 Å². The fraction of sp³-hybridized carbons (Fsp3) is 0.500. The summed E-state index contributed by atoms with van der Waals surface area (Å²) in [7, 11) is -2.20. The molecule has 0 unspecified atom stereocenters. The van der Waals surface area contributed by atoms with Crippen LogP contribution in [0.2, 0.25) is 0 Å². The van der Waals surface area contributed by atoms with Gasteiger partial charge in [0.15, 0.2) is 5.78 Å². The van der Waals surface area contributed by atoms with Gasteiger partial charge in [-0.1, -0.05) is 37.8 Å². The first-order chi connectivity index (χ1) is 17.8. The number of nitrogens with zero attached hydrogens (tertiary/aromatic N) is 2. The van der Waals surface area contributed by atoms with Gasteiger partial charge in [-0.05, 0) is 49.3 Å². The number of nitrogens with one attached hydrogen (secondary N) is 1. The van der Waals surface area contributed by atoms with Crippen molar-refractivity contribution >= 4 is 32.6 Å². The molecule has 1 aliphatic carbocycles. The van der Waals surface area contributed by atoms with Crippen LogP contribution in [0.25, 0.3) is 22.2 Å². The largest absolute Gasteiger partial charge is 0.472 e. The monoisotopic (exact) mass is 525 g/mol. The molecule has 0 radical (unpaired) electrons. The molecule has 1 aliphatic heterocycles. The first-order valence-corrected chi connectivity index (χ1v) is 14.9. The van der Waals surface area contributed by atoms with Crippen molar-refractivity contribution in [2.24, 2.45) is 0 Å². The molecule has 3 aromatic rings. The van der Waals surface area contributed by atoms with E-state index in [-0.39, 0.29) is 12.5 Å².